The number of nitrogens with one attached hydrogen (secondary N) is 1. The molecule has 21 heavy (non-hydrogen) atoms. The second-order valence-corrected chi connectivity index (χ2v) is 5.41. The van der Waals surface area contributed by atoms with Crippen molar-refractivity contribution in [3.63, 3.8) is 0 Å². The van der Waals surface area contributed by atoms with E-state index >= 15 is 0 Å². The second kappa shape index (κ2) is 6.20. The summed E-state index contributed by atoms with van der Waals surface area (Å²) in [5.41, 5.74) is -1.36. The zero-order valence-corrected chi connectivity index (χ0v) is 11.5. The van der Waals surface area contributed by atoms with Crippen molar-refractivity contribution in [3.05, 3.63) is 35.4 Å². The molecule has 1 aliphatic rings. The number of carboxylic acid groups (broad SMARTS) is 1. The van der Waals surface area contributed by atoms with Gasteiger partial charge in [-0.15, -0.1) is 0 Å². The third-order valence-corrected chi connectivity index (χ3v) is 3.85. The van der Waals surface area contributed by atoms with E-state index in [-0.39, 0.29) is 12.0 Å². The molecule has 1 saturated carbocycles. The van der Waals surface area contributed by atoms with E-state index in [2.05, 4.69) is 5.32 Å². The molecule has 0 radical (unpaired) electrons. The first-order valence-electron chi connectivity index (χ1n) is 6.91. The minimum atomic E-state index is -1.28. The SMILES string of the molecule is O=C(Cc1cc(F)ccc1F)NC1(C(=O)O)CCCCC1. The number of carboxylic acids is 1. The number of carbonyl (C=O) groups excluding carboxylic acids is 1. The molecular weight excluding hydrogens is 280 g/mol. The van der Waals surface area contributed by atoms with Crippen molar-refractivity contribution in [1.29, 1.82) is 0 Å². The maximum atomic E-state index is 13.5. The van der Waals surface area contributed by atoms with E-state index in [1.165, 1.54) is 0 Å². The lowest BCUT2D eigenvalue weighted by atomic mass is 9.81. The molecule has 1 aliphatic carbocycles. The average Bonchev–Trinajstić information content (AvgIpc) is 2.43. The molecule has 4 nitrogen and oxygen atoms in total. The number of carbonyl (C=O) groups is 2. The van der Waals surface area contributed by atoms with Crippen molar-refractivity contribution in [3.8, 4) is 0 Å². The van der Waals surface area contributed by atoms with Crippen LogP contribution in [-0.4, -0.2) is 22.5 Å². The first-order chi connectivity index (χ1) is 9.93. The Hall–Kier alpha value is -1.98. The molecular formula is C15H17F2NO3. The first kappa shape index (κ1) is 15.4. The molecule has 1 aromatic carbocycles. The molecule has 0 atom stereocenters. The van der Waals surface area contributed by atoms with Crippen LogP contribution in [0.3, 0.4) is 0 Å². The van der Waals surface area contributed by atoms with Gasteiger partial charge in [0.1, 0.15) is 17.2 Å². The summed E-state index contributed by atoms with van der Waals surface area (Å²) in [5, 5.41) is 11.9. The van der Waals surface area contributed by atoms with Gasteiger partial charge in [-0.05, 0) is 31.0 Å². The normalized spacial score (nSPS) is 17.2. The smallest absolute Gasteiger partial charge is 0.329 e. The molecule has 6 heteroatoms. The summed E-state index contributed by atoms with van der Waals surface area (Å²) in [7, 11) is 0. The van der Waals surface area contributed by atoms with Gasteiger partial charge in [0.2, 0.25) is 5.91 Å². The van der Waals surface area contributed by atoms with Gasteiger partial charge in [0.05, 0.1) is 6.42 Å². The third-order valence-electron chi connectivity index (χ3n) is 3.85. The molecule has 0 heterocycles. The maximum absolute atomic E-state index is 13.5. The van der Waals surface area contributed by atoms with Crippen LogP contribution < -0.4 is 5.32 Å². The molecule has 0 aromatic heterocycles. The van der Waals surface area contributed by atoms with E-state index in [4.69, 9.17) is 0 Å². The van der Waals surface area contributed by atoms with Gasteiger partial charge in [0.15, 0.2) is 0 Å². The minimum Gasteiger partial charge on any atom is -0.480 e. The summed E-state index contributed by atoms with van der Waals surface area (Å²) in [5.74, 6) is -3.00. The van der Waals surface area contributed by atoms with Gasteiger partial charge in [-0.1, -0.05) is 19.3 Å². The fourth-order valence-electron chi connectivity index (χ4n) is 2.71. The molecule has 114 valence electrons. The largest absolute Gasteiger partial charge is 0.480 e. The Morgan fingerprint density at radius 1 is 1.19 bits per heavy atom. The number of halogens is 2. The molecule has 1 aromatic rings. The van der Waals surface area contributed by atoms with Gasteiger partial charge in [-0.25, -0.2) is 13.6 Å². The van der Waals surface area contributed by atoms with Crippen LogP contribution in [-0.2, 0) is 16.0 Å². The van der Waals surface area contributed by atoms with Crippen LogP contribution >= 0.6 is 0 Å². The third kappa shape index (κ3) is 3.56. The van der Waals surface area contributed by atoms with Crippen molar-refractivity contribution >= 4 is 11.9 Å². The van der Waals surface area contributed by atoms with E-state index in [0.29, 0.717) is 12.8 Å². The first-order valence-corrected chi connectivity index (χ1v) is 6.91. The molecule has 2 N–H and O–H groups in total. The molecule has 1 fully saturated rings. The highest BCUT2D eigenvalue weighted by molar-refractivity contribution is 5.88. The lowest BCUT2D eigenvalue weighted by Crippen LogP contribution is -2.56. The molecule has 0 aliphatic heterocycles. The molecule has 2 rings (SSSR count). The highest BCUT2D eigenvalue weighted by Gasteiger charge is 2.40. The molecule has 0 bridgehead atoms. The van der Waals surface area contributed by atoms with Gasteiger partial charge in [0, 0.05) is 5.56 Å². The van der Waals surface area contributed by atoms with E-state index in [0.717, 1.165) is 37.5 Å². The quantitative estimate of drug-likeness (QED) is 0.897. The Kier molecular flexibility index (Phi) is 4.55. The highest BCUT2D eigenvalue weighted by Crippen LogP contribution is 2.28. The number of hydrogen-bond acceptors (Lipinski definition) is 2. The predicted molar refractivity (Wildman–Crippen MR) is 71.7 cm³/mol. The van der Waals surface area contributed by atoms with Crippen LogP contribution in [0.2, 0.25) is 0 Å². The summed E-state index contributed by atoms with van der Waals surface area (Å²) in [6.45, 7) is 0. The Morgan fingerprint density at radius 3 is 2.48 bits per heavy atom. The maximum Gasteiger partial charge on any atom is 0.329 e. The number of hydrogen-bond donors (Lipinski definition) is 2. The highest BCUT2D eigenvalue weighted by atomic mass is 19.1. The van der Waals surface area contributed by atoms with Crippen molar-refractivity contribution in [1.82, 2.24) is 5.32 Å². The summed E-state index contributed by atoms with van der Waals surface area (Å²) in [4.78, 5) is 23.4. The van der Waals surface area contributed by atoms with Crippen LogP contribution in [0.5, 0.6) is 0 Å². The number of benzene rings is 1. The molecule has 0 unspecified atom stereocenters. The van der Waals surface area contributed by atoms with Gasteiger partial charge < -0.3 is 10.4 Å². The predicted octanol–water partition coefficient (Wildman–Crippen LogP) is 2.41. The van der Waals surface area contributed by atoms with Crippen LogP contribution in [0.25, 0.3) is 0 Å². The Bertz CT molecular complexity index is 554. The summed E-state index contributed by atoms with van der Waals surface area (Å²) >= 11 is 0. The zero-order chi connectivity index (χ0) is 15.5. The van der Waals surface area contributed by atoms with Crippen LogP contribution in [0.1, 0.15) is 37.7 Å². The van der Waals surface area contributed by atoms with E-state index in [1.807, 2.05) is 0 Å². The fourth-order valence-corrected chi connectivity index (χ4v) is 2.71. The summed E-state index contributed by atoms with van der Waals surface area (Å²) < 4.78 is 26.6. The average molecular weight is 297 g/mol. The zero-order valence-electron chi connectivity index (χ0n) is 11.5. The van der Waals surface area contributed by atoms with Crippen molar-refractivity contribution in [2.75, 3.05) is 0 Å². The van der Waals surface area contributed by atoms with Crippen LogP contribution in [0, 0.1) is 11.6 Å². The summed E-state index contributed by atoms with van der Waals surface area (Å²) in [6.07, 6.45) is 2.73. The fraction of sp³-hybridized carbons (Fsp3) is 0.467. The number of aliphatic carboxylic acids is 1. The molecule has 0 saturated heterocycles. The topological polar surface area (TPSA) is 66.4 Å². The van der Waals surface area contributed by atoms with Crippen molar-refractivity contribution < 1.29 is 23.5 Å². The standard InChI is InChI=1S/C15H17F2NO3/c16-11-4-5-12(17)10(8-11)9-13(19)18-15(14(20)21)6-2-1-3-7-15/h4-5,8H,1-3,6-7,9H2,(H,18,19)(H,20,21). The minimum absolute atomic E-state index is 0.0798. The molecule has 0 spiro atoms. The van der Waals surface area contributed by atoms with Crippen LogP contribution in [0.15, 0.2) is 18.2 Å². The molecule has 1 amide bonds. The van der Waals surface area contributed by atoms with E-state index in [1.54, 1.807) is 0 Å². The van der Waals surface area contributed by atoms with Gasteiger partial charge in [-0.2, -0.15) is 0 Å². The Morgan fingerprint density at radius 2 is 1.86 bits per heavy atom. The van der Waals surface area contributed by atoms with Crippen molar-refractivity contribution in [2.24, 2.45) is 0 Å². The van der Waals surface area contributed by atoms with Gasteiger partial charge >= 0.3 is 5.97 Å². The van der Waals surface area contributed by atoms with Crippen LogP contribution in [0.4, 0.5) is 8.78 Å². The Labute approximate surface area is 121 Å². The Balaban J connectivity index is 2.09. The van der Waals surface area contributed by atoms with Crippen molar-refractivity contribution in [2.45, 2.75) is 44.1 Å². The lowest BCUT2D eigenvalue weighted by Gasteiger charge is -2.34. The van der Waals surface area contributed by atoms with Gasteiger partial charge in [0.25, 0.3) is 0 Å². The lowest BCUT2D eigenvalue weighted by molar-refractivity contribution is -0.149. The number of rotatable bonds is 4. The monoisotopic (exact) mass is 297 g/mol. The van der Waals surface area contributed by atoms with E-state index in [9.17, 15) is 23.5 Å². The van der Waals surface area contributed by atoms with E-state index < -0.39 is 29.0 Å². The second-order valence-electron chi connectivity index (χ2n) is 5.41. The van der Waals surface area contributed by atoms with Gasteiger partial charge in [-0.3, -0.25) is 4.79 Å². The number of amides is 1. The summed E-state index contributed by atoms with van der Waals surface area (Å²) in [6, 6.07) is 2.87.